The van der Waals surface area contributed by atoms with Crippen LogP contribution in [0.3, 0.4) is 0 Å². The van der Waals surface area contributed by atoms with E-state index in [1.165, 1.54) is 0 Å². The van der Waals surface area contributed by atoms with E-state index in [4.69, 9.17) is 0 Å². The number of amides is 1. The molecule has 1 heterocycles. The van der Waals surface area contributed by atoms with Crippen molar-refractivity contribution in [2.75, 3.05) is 19.6 Å². The lowest BCUT2D eigenvalue weighted by Crippen LogP contribution is -2.24. The highest BCUT2D eigenvalue weighted by Crippen LogP contribution is 1.79. The van der Waals surface area contributed by atoms with Crippen LogP contribution >= 0.6 is 0 Å². The van der Waals surface area contributed by atoms with Gasteiger partial charge in [0.1, 0.15) is 0 Å². The van der Waals surface area contributed by atoms with Crippen molar-refractivity contribution in [1.29, 1.82) is 0 Å². The summed E-state index contributed by atoms with van der Waals surface area (Å²) in [5, 5.41) is 5.84. The number of hydrogen-bond donors (Lipinski definition) is 2. The lowest BCUT2D eigenvalue weighted by Gasteiger charge is -1.93. The first kappa shape index (κ1) is 8.99. The monoisotopic (exact) mass is 140 g/mol. The fourth-order valence-electron chi connectivity index (χ4n) is 0.706. The van der Waals surface area contributed by atoms with E-state index in [0.29, 0.717) is 6.42 Å². The summed E-state index contributed by atoms with van der Waals surface area (Å²) < 4.78 is 0. The van der Waals surface area contributed by atoms with Gasteiger partial charge in [0.05, 0.1) is 0 Å². The van der Waals surface area contributed by atoms with Gasteiger partial charge in [0.15, 0.2) is 0 Å². The molecule has 0 bridgehead atoms. The Labute approximate surface area is 61.2 Å². The smallest absolute Gasteiger partial charge is 0.221 e. The zero-order valence-corrected chi connectivity index (χ0v) is 5.89. The molecule has 2 N–H and O–H groups in total. The molecule has 0 aliphatic carbocycles. The maximum atomic E-state index is 10.5. The third-order valence-corrected chi connectivity index (χ3v) is 1.15. The lowest BCUT2D eigenvalue weighted by atomic mass is 10.4. The molecule has 0 atom stereocenters. The molecule has 0 aromatic carbocycles. The second-order valence-electron chi connectivity index (χ2n) is 1.85. The summed E-state index contributed by atoms with van der Waals surface area (Å²) in [7, 11) is 0. The number of carbonyl (C=O) groups excluding carboxylic acids is 1. The quantitative estimate of drug-likeness (QED) is 0.439. The Hall–Kier alpha value is -1.01. The van der Waals surface area contributed by atoms with Gasteiger partial charge in [-0.25, -0.2) is 0 Å². The molecule has 3 heteroatoms. The van der Waals surface area contributed by atoms with Gasteiger partial charge in [-0.3, -0.25) is 4.79 Å². The predicted octanol–water partition coefficient (Wildman–Crippen LogP) is -0.655. The molecule has 10 heavy (non-hydrogen) atoms. The van der Waals surface area contributed by atoms with E-state index in [9.17, 15) is 4.79 Å². The van der Waals surface area contributed by atoms with Gasteiger partial charge in [0.2, 0.25) is 5.91 Å². The molecule has 56 valence electrons. The Morgan fingerprint density at radius 2 is 1.90 bits per heavy atom. The highest BCUT2D eigenvalue weighted by Gasteiger charge is 2.02. The van der Waals surface area contributed by atoms with Gasteiger partial charge in [-0.2, -0.15) is 0 Å². The Morgan fingerprint density at radius 1 is 1.20 bits per heavy atom. The van der Waals surface area contributed by atoms with E-state index in [0.717, 1.165) is 19.6 Å². The summed E-state index contributed by atoms with van der Waals surface area (Å²) in [6.07, 6.45) is 8.62. The average molecular weight is 140 g/mol. The van der Waals surface area contributed by atoms with Crippen molar-refractivity contribution in [2.24, 2.45) is 0 Å². The molecule has 1 amide bonds. The van der Waals surface area contributed by atoms with Gasteiger partial charge >= 0.3 is 0 Å². The molecular weight excluding hydrogens is 128 g/mol. The number of carbonyl (C=O) groups is 1. The maximum absolute atomic E-state index is 10.5. The van der Waals surface area contributed by atoms with Crippen LogP contribution in [0.25, 0.3) is 0 Å². The molecule has 0 unspecified atom stereocenters. The highest BCUT2D eigenvalue weighted by atomic mass is 16.1. The highest BCUT2D eigenvalue weighted by molar-refractivity contribution is 5.76. The molecular formula is C7H12N2O. The number of nitrogens with one attached hydrogen (secondary N) is 2. The first-order valence-electron chi connectivity index (χ1n) is 3.20. The van der Waals surface area contributed by atoms with Crippen LogP contribution in [0.1, 0.15) is 6.42 Å². The number of terminal acetylenes is 1. The zero-order valence-electron chi connectivity index (χ0n) is 5.89. The van der Waals surface area contributed by atoms with Crippen molar-refractivity contribution >= 4 is 5.91 Å². The minimum Gasteiger partial charge on any atom is -0.355 e. The van der Waals surface area contributed by atoms with E-state index in [2.05, 4.69) is 23.5 Å². The van der Waals surface area contributed by atoms with Crippen LogP contribution in [0.2, 0.25) is 0 Å². The minimum absolute atomic E-state index is 0.162. The van der Waals surface area contributed by atoms with Crippen molar-refractivity contribution in [1.82, 2.24) is 10.6 Å². The maximum Gasteiger partial charge on any atom is 0.221 e. The molecule has 1 aliphatic rings. The van der Waals surface area contributed by atoms with E-state index in [1.54, 1.807) is 0 Å². The molecule has 0 aromatic rings. The van der Waals surface area contributed by atoms with Gasteiger partial charge in [-0.15, -0.1) is 12.8 Å². The summed E-state index contributed by atoms with van der Waals surface area (Å²) in [5.74, 6) is 0.162. The van der Waals surface area contributed by atoms with Crippen LogP contribution in [-0.4, -0.2) is 25.5 Å². The van der Waals surface area contributed by atoms with Crippen molar-refractivity contribution in [3.8, 4) is 12.8 Å². The number of rotatable bonds is 0. The summed E-state index contributed by atoms with van der Waals surface area (Å²) >= 11 is 0. The Balaban J connectivity index is 0.000000371. The first-order valence-corrected chi connectivity index (χ1v) is 3.20. The average Bonchev–Trinajstić information content (AvgIpc) is 2.21. The van der Waals surface area contributed by atoms with E-state index >= 15 is 0 Å². The molecule has 0 aromatic heterocycles. The van der Waals surface area contributed by atoms with E-state index < -0.39 is 0 Å². The van der Waals surface area contributed by atoms with Crippen molar-refractivity contribution < 1.29 is 4.79 Å². The first-order chi connectivity index (χ1) is 4.89. The van der Waals surface area contributed by atoms with Crippen LogP contribution in [0.5, 0.6) is 0 Å². The largest absolute Gasteiger partial charge is 0.355 e. The van der Waals surface area contributed by atoms with Crippen molar-refractivity contribution in [3.63, 3.8) is 0 Å². The van der Waals surface area contributed by atoms with Crippen molar-refractivity contribution in [2.45, 2.75) is 6.42 Å². The summed E-state index contributed by atoms with van der Waals surface area (Å²) in [5.41, 5.74) is 0. The molecule has 1 rings (SSSR count). The third kappa shape index (κ3) is 3.93. The van der Waals surface area contributed by atoms with Gasteiger partial charge < -0.3 is 10.6 Å². The molecule has 0 saturated carbocycles. The third-order valence-electron chi connectivity index (χ3n) is 1.15. The minimum atomic E-state index is 0.162. The van der Waals surface area contributed by atoms with Gasteiger partial charge in [-0.1, -0.05) is 0 Å². The molecule has 1 aliphatic heterocycles. The summed E-state index contributed by atoms with van der Waals surface area (Å²) in [6.45, 7) is 2.51. The van der Waals surface area contributed by atoms with Gasteiger partial charge in [-0.05, 0) is 0 Å². The molecule has 1 fully saturated rings. The summed E-state index contributed by atoms with van der Waals surface area (Å²) in [4.78, 5) is 10.5. The summed E-state index contributed by atoms with van der Waals surface area (Å²) in [6, 6.07) is 0. The SMILES string of the molecule is C#C.O=C1CCNCCN1. The van der Waals surface area contributed by atoms with Crippen LogP contribution in [0, 0.1) is 12.8 Å². The van der Waals surface area contributed by atoms with Crippen LogP contribution < -0.4 is 10.6 Å². The molecule has 0 radical (unpaired) electrons. The van der Waals surface area contributed by atoms with Crippen LogP contribution in [0.4, 0.5) is 0 Å². The van der Waals surface area contributed by atoms with Crippen molar-refractivity contribution in [3.05, 3.63) is 0 Å². The number of hydrogen-bond acceptors (Lipinski definition) is 2. The Morgan fingerprint density at radius 3 is 2.60 bits per heavy atom. The van der Waals surface area contributed by atoms with Gasteiger partial charge in [0.25, 0.3) is 0 Å². The second kappa shape index (κ2) is 6.12. The van der Waals surface area contributed by atoms with Crippen LogP contribution in [-0.2, 0) is 4.79 Å². The normalized spacial score (nSPS) is 17.6. The Kier molecular flexibility index (Phi) is 5.50. The molecule has 1 saturated heterocycles. The molecule has 3 nitrogen and oxygen atoms in total. The van der Waals surface area contributed by atoms with Gasteiger partial charge in [0, 0.05) is 26.1 Å². The van der Waals surface area contributed by atoms with E-state index in [1.807, 2.05) is 0 Å². The van der Waals surface area contributed by atoms with Crippen LogP contribution in [0.15, 0.2) is 0 Å². The second-order valence-corrected chi connectivity index (χ2v) is 1.85. The van der Waals surface area contributed by atoms with E-state index in [-0.39, 0.29) is 5.91 Å². The fourth-order valence-corrected chi connectivity index (χ4v) is 0.706. The Bertz CT molecular complexity index is 110. The lowest BCUT2D eigenvalue weighted by molar-refractivity contribution is -0.120. The predicted molar refractivity (Wildman–Crippen MR) is 40.4 cm³/mol. The fraction of sp³-hybridized carbons (Fsp3) is 0.571. The molecule has 0 spiro atoms. The topological polar surface area (TPSA) is 41.1 Å². The standard InChI is InChI=1S/C5H10N2O.C2H2/c8-5-1-2-6-3-4-7-5;1-2/h6H,1-4H2,(H,7,8);1-2H. The zero-order chi connectivity index (χ0) is 7.82.